The number of carbonyl (C=O) groups is 9. The number of hydrogen-bond acceptors (Lipinski definition) is 11. The summed E-state index contributed by atoms with van der Waals surface area (Å²) in [6.45, 7) is 21.0. The molecule has 0 aromatic carbocycles. The third-order valence-corrected chi connectivity index (χ3v) is 10.5. The number of rotatable bonds is 28. The van der Waals surface area contributed by atoms with Crippen LogP contribution in [0.25, 0.3) is 0 Å². The molecule has 0 unspecified atom stereocenters. The maximum absolute atomic E-state index is 13.6. The van der Waals surface area contributed by atoms with Gasteiger partial charge < -0.3 is 58.5 Å². The van der Waals surface area contributed by atoms with Crippen molar-refractivity contribution in [2.75, 3.05) is 13.2 Å². The first-order valence-electron chi connectivity index (χ1n) is 21.7. The van der Waals surface area contributed by atoms with Crippen molar-refractivity contribution in [2.24, 2.45) is 41.2 Å². The molecule has 0 saturated heterocycles. The van der Waals surface area contributed by atoms with Gasteiger partial charge in [-0.2, -0.15) is 0 Å². The first-order valence-corrected chi connectivity index (χ1v) is 21.7. The molecule has 0 heterocycles. The van der Waals surface area contributed by atoms with Crippen LogP contribution in [0.3, 0.4) is 0 Å². The fourth-order valence-corrected chi connectivity index (χ4v) is 6.08. The molecule has 10 atom stereocenters. The van der Waals surface area contributed by atoms with E-state index in [1.54, 1.807) is 41.5 Å². The zero-order valence-electron chi connectivity index (χ0n) is 39.0. The van der Waals surface area contributed by atoms with Crippen molar-refractivity contribution in [3.63, 3.8) is 0 Å². The van der Waals surface area contributed by atoms with Gasteiger partial charge in [0.2, 0.25) is 47.3 Å². The number of amides is 8. The van der Waals surface area contributed by atoms with Gasteiger partial charge >= 0.3 is 5.97 Å². The largest absolute Gasteiger partial charge is 0.480 e. The van der Waals surface area contributed by atoms with E-state index < -0.39 is 127 Å². The molecule has 12 N–H and O–H groups in total. The highest BCUT2D eigenvalue weighted by Gasteiger charge is 2.35. The summed E-state index contributed by atoms with van der Waals surface area (Å²) in [7, 11) is 0. The van der Waals surface area contributed by atoms with Crippen molar-refractivity contribution >= 4 is 53.2 Å². The van der Waals surface area contributed by atoms with Gasteiger partial charge in [-0.05, 0) is 55.3 Å². The molecular weight excluding hydrogens is 807 g/mol. The minimum Gasteiger partial charge on any atom is -0.480 e. The van der Waals surface area contributed by atoms with Gasteiger partial charge in [-0.3, -0.25) is 38.4 Å². The van der Waals surface area contributed by atoms with Crippen LogP contribution in [0.2, 0.25) is 0 Å². The molecule has 20 heteroatoms. The van der Waals surface area contributed by atoms with Gasteiger partial charge in [-0.15, -0.1) is 0 Å². The van der Waals surface area contributed by atoms with Crippen molar-refractivity contribution in [2.45, 2.75) is 164 Å². The van der Waals surface area contributed by atoms with E-state index >= 15 is 0 Å². The summed E-state index contributed by atoms with van der Waals surface area (Å²) in [6.07, 6.45) is 1.46. The van der Waals surface area contributed by atoms with Gasteiger partial charge in [-0.1, -0.05) is 95.9 Å². The Kier molecular flexibility index (Phi) is 25.8. The lowest BCUT2D eigenvalue weighted by Crippen LogP contribution is -2.60. The third kappa shape index (κ3) is 19.9. The van der Waals surface area contributed by atoms with Crippen LogP contribution in [0.5, 0.6) is 0 Å². The van der Waals surface area contributed by atoms with E-state index in [0.29, 0.717) is 12.8 Å². The summed E-state index contributed by atoms with van der Waals surface area (Å²) in [4.78, 5) is 117. The monoisotopic (exact) mass is 884 g/mol. The Morgan fingerprint density at radius 2 is 0.919 bits per heavy atom. The van der Waals surface area contributed by atoms with Crippen LogP contribution in [0.15, 0.2) is 0 Å². The number of hydrogen-bond donors (Lipinski definition) is 11. The average Bonchev–Trinajstić information content (AvgIpc) is 3.19. The zero-order chi connectivity index (χ0) is 48.2. The Morgan fingerprint density at radius 3 is 1.35 bits per heavy atom. The van der Waals surface area contributed by atoms with Gasteiger partial charge in [0.25, 0.3) is 0 Å². The molecule has 0 aromatic heterocycles. The molecule has 0 fully saturated rings. The minimum absolute atomic E-state index is 0.0375. The van der Waals surface area contributed by atoms with E-state index in [4.69, 9.17) is 5.73 Å². The normalized spacial score (nSPS) is 16.3. The standard InChI is InChI=1S/C42H77N9O11/c1-14-24(11)31(43)39(58)47-27(16-20(3)4)36(55)48-29(19-52)38(57)45-26(13)35(54)46-28(17-21(5)6)37(56)50-32(22(7)8)40(59)44-18-30(53)49-34(25(12)15-2)41(60)51-33(23(9)10)42(61)62/h20-29,31-34,52H,14-19,43H2,1-13H3,(H,44,59)(H,45,57)(H,46,54)(H,47,58)(H,48,55)(H,49,53)(H,50,56)(H,51,60)(H,61,62)/t24-,25-,26-,27-,28-,29-,31-,32-,33-,34-/m0/s1. The summed E-state index contributed by atoms with van der Waals surface area (Å²) in [5.74, 6) is -8.64. The lowest BCUT2D eigenvalue weighted by Gasteiger charge is -2.28. The predicted octanol–water partition coefficient (Wildman–Crippen LogP) is -0.583. The molecule has 0 saturated carbocycles. The molecule has 20 nitrogen and oxygen atoms in total. The Bertz CT molecular complexity index is 1520. The smallest absolute Gasteiger partial charge is 0.326 e. The van der Waals surface area contributed by atoms with Crippen LogP contribution < -0.4 is 48.3 Å². The van der Waals surface area contributed by atoms with Gasteiger partial charge in [0.1, 0.15) is 42.3 Å². The molecule has 0 aliphatic heterocycles. The topological polar surface area (TPSA) is 316 Å². The minimum atomic E-state index is -1.50. The van der Waals surface area contributed by atoms with Crippen molar-refractivity contribution < 1.29 is 53.4 Å². The number of carboxylic acids is 1. The first-order chi connectivity index (χ1) is 28.7. The van der Waals surface area contributed by atoms with E-state index in [2.05, 4.69) is 42.5 Å². The van der Waals surface area contributed by atoms with Gasteiger partial charge in [-0.25, -0.2) is 4.79 Å². The SMILES string of the molecule is CC[C@H](C)[C@H](N)C(=O)N[C@@H](CC(C)C)C(=O)N[C@@H](CO)C(=O)N[C@@H](C)C(=O)N[C@@H](CC(C)C)C(=O)N[C@H](C(=O)NCC(=O)N[C@H](C(=O)N[C@H](C(=O)O)C(C)C)[C@@H](C)CC)C(C)C. The quantitative estimate of drug-likeness (QED) is 0.0470. The summed E-state index contributed by atoms with van der Waals surface area (Å²) >= 11 is 0. The molecule has 0 aromatic rings. The second-order valence-electron chi connectivity index (χ2n) is 17.7. The maximum atomic E-state index is 13.6. The summed E-state index contributed by atoms with van der Waals surface area (Å²) in [5.41, 5.74) is 6.05. The second kappa shape index (κ2) is 28.0. The third-order valence-electron chi connectivity index (χ3n) is 10.5. The molecule has 62 heavy (non-hydrogen) atoms. The number of carbonyl (C=O) groups excluding carboxylic acids is 8. The summed E-state index contributed by atoms with van der Waals surface area (Å²) in [5, 5.41) is 39.8. The summed E-state index contributed by atoms with van der Waals surface area (Å²) < 4.78 is 0. The van der Waals surface area contributed by atoms with Crippen molar-refractivity contribution in [1.82, 2.24) is 42.5 Å². The molecule has 0 rings (SSSR count). The number of carboxylic acid groups (broad SMARTS) is 1. The molecule has 0 spiro atoms. The van der Waals surface area contributed by atoms with Gasteiger partial charge in [0.15, 0.2) is 0 Å². The van der Waals surface area contributed by atoms with Crippen LogP contribution in [0.4, 0.5) is 0 Å². The Hall–Kier alpha value is -4.85. The predicted molar refractivity (Wildman–Crippen MR) is 232 cm³/mol. The fraction of sp³-hybridized carbons (Fsp3) is 0.786. The van der Waals surface area contributed by atoms with Crippen molar-refractivity contribution in [1.29, 1.82) is 0 Å². The highest BCUT2D eigenvalue weighted by Crippen LogP contribution is 2.13. The van der Waals surface area contributed by atoms with Crippen LogP contribution in [-0.4, -0.2) is 125 Å². The number of aliphatic hydroxyl groups is 1. The van der Waals surface area contributed by atoms with Crippen LogP contribution in [0.1, 0.15) is 116 Å². The highest BCUT2D eigenvalue weighted by molar-refractivity contribution is 5.97. The van der Waals surface area contributed by atoms with E-state index in [0.717, 1.165) is 0 Å². The zero-order valence-corrected chi connectivity index (χ0v) is 39.0. The number of nitrogens with two attached hydrogens (primary N) is 1. The van der Waals surface area contributed by atoms with Crippen LogP contribution in [0, 0.1) is 35.5 Å². The van der Waals surface area contributed by atoms with E-state index in [1.165, 1.54) is 6.92 Å². The van der Waals surface area contributed by atoms with Crippen molar-refractivity contribution in [3.8, 4) is 0 Å². The molecule has 0 aliphatic rings. The summed E-state index contributed by atoms with van der Waals surface area (Å²) in [6, 6.07) is -9.30. The van der Waals surface area contributed by atoms with E-state index in [9.17, 15) is 53.4 Å². The van der Waals surface area contributed by atoms with E-state index in [1.807, 2.05) is 41.5 Å². The number of aliphatic hydroxyl groups excluding tert-OH is 1. The second-order valence-corrected chi connectivity index (χ2v) is 17.7. The molecular formula is C42H77N9O11. The van der Waals surface area contributed by atoms with Crippen LogP contribution >= 0.6 is 0 Å². The maximum Gasteiger partial charge on any atom is 0.326 e. The molecule has 0 radical (unpaired) electrons. The fourth-order valence-electron chi connectivity index (χ4n) is 6.08. The van der Waals surface area contributed by atoms with Crippen LogP contribution in [-0.2, 0) is 43.2 Å². The lowest BCUT2D eigenvalue weighted by molar-refractivity contribution is -0.143. The van der Waals surface area contributed by atoms with Gasteiger partial charge in [0, 0.05) is 0 Å². The number of aliphatic carboxylic acids is 1. The molecule has 356 valence electrons. The lowest BCUT2D eigenvalue weighted by atomic mass is 9.96. The Morgan fingerprint density at radius 1 is 0.484 bits per heavy atom. The van der Waals surface area contributed by atoms with E-state index in [-0.39, 0.29) is 36.5 Å². The first kappa shape index (κ1) is 57.1. The number of nitrogens with one attached hydrogen (secondary N) is 8. The Labute approximate surface area is 366 Å². The average molecular weight is 884 g/mol. The Balaban J connectivity index is 5.79. The molecule has 8 amide bonds. The molecule has 0 bridgehead atoms. The van der Waals surface area contributed by atoms with Gasteiger partial charge in [0.05, 0.1) is 19.2 Å². The van der Waals surface area contributed by atoms with Crippen molar-refractivity contribution in [3.05, 3.63) is 0 Å². The highest BCUT2D eigenvalue weighted by atomic mass is 16.4. The molecule has 0 aliphatic carbocycles.